The fraction of sp³-hybridized carbons (Fsp3) is 0.556. The van der Waals surface area contributed by atoms with Crippen molar-refractivity contribution in [2.75, 3.05) is 52.7 Å². The lowest BCUT2D eigenvalue weighted by Gasteiger charge is -2.26. The Labute approximate surface area is 147 Å². The van der Waals surface area contributed by atoms with Gasteiger partial charge in [-0.3, -0.25) is 4.90 Å². The number of hydrogen-bond acceptors (Lipinski definition) is 6. The number of nitrogens with zero attached hydrogens (tertiary/aromatic N) is 3. The molecule has 1 aliphatic rings. The summed E-state index contributed by atoms with van der Waals surface area (Å²) in [6, 6.07) is 2.96. The fourth-order valence-electron chi connectivity index (χ4n) is 2.42. The van der Waals surface area contributed by atoms with Crippen molar-refractivity contribution in [2.24, 2.45) is 0 Å². The van der Waals surface area contributed by atoms with E-state index in [0.717, 1.165) is 38.2 Å². The Kier molecular flexibility index (Phi) is 8.51. The van der Waals surface area contributed by atoms with Gasteiger partial charge in [-0.25, -0.2) is 14.4 Å². The summed E-state index contributed by atoms with van der Waals surface area (Å²) in [5.74, 6) is -0.228. The third kappa shape index (κ3) is 6.19. The first kappa shape index (κ1) is 19.5. The maximum atomic E-state index is 13.9. The standard InChI is InChI=1S/C16H20FN3O3.C2H6/c17-14-10-15-13(11-18-12-19-15)9-16(14)23-8-7-22-6-3-20-1-4-21-5-2-20;1-2/h9-12H,1-8H2;1-2H3. The zero-order chi connectivity index (χ0) is 17.9. The first-order chi connectivity index (χ1) is 12.3. The van der Waals surface area contributed by atoms with Crippen molar-refractivity contribution < 1.29 is 18.6 Å². The molecule has 138 valence electrons. The van der Waals surface area contributed by atoms with Crippen LogP contribution in [0.1, 0.15) is 13.8 Å². The molecule has 1 aromatic carbocycles. The molecule has 1 saturated heterocycles. The topological polar surface area (TPSA) is 56.7 Å². The maximum absolute atomic E-state index is 13.9. The minimum Gasteiger partial charge on any atom is -0.488 e. The zero-order valence-corrected chi connectivity index (χ0v) is 14.9. The summed E-state index contributed by atoms with van der Waals surface area (Å²) in [5.41, 5.74) is 0.562. The molecule has 1 aliphatic heterocycles. The van der Waals surface area contributed by atoms with E-state index in [1.807, 2.05) is 13.8 Å². The van der Waals surface area contributed by atoms with E-state index in [9.17, 15) is 4.39 Å². The average Bonchev–Trinajstić information content (AvgIpc) is 2.67. The second kappa shape index (κ2) is 10.9. The van der Waals surface area contributed by atoms with Gasteiger partial charge in [-0.2, -0.15) is 0 Å². The van der Waals surface area contributed by atoms with Crippen molar-refractivity contribution in [1.82, 2.24) is 14.9 Å². The Bertz CT molecular complexity index is 636. The van der Waals surface area contributed by atoms with Crippen LogP contribution in [0.5, 0.6) is 5.75 Å². The molecule has 2 aromatic rings. The molecule has 1 fully saturated rings. The van der Waals surface area contributed by atoms with E-state index in [2.05, 4.69) is 14.9 Å². The first-order valence-corrected chi connectivity index (χ1v) is 8.73. The van der Waals surface area contributed by atoms with Crippen molar-refractivity contribution in [3.63, 3.8) is 0 Å². The number of hydrogen-bond donors (Lipinski definition) is 0. The van der Waals surface area contributed by atoms with Crippen molar-refractivity contribution in [3.8, 4) is 5.75 Å². The first-order valence-electron chi connectivity index (χ1n) is 8.73. The SMILES string of the molecule is CC.Fc1cc2ncncc2cc1OCCOCCN1CCOCC1. The lowest BCUT2D eigenvalue weighted by atomic mass is 10.2. The molecule has 0 unspecified atom stereocenters. The molecule has 7 heteroatoms. The molecular formula is C18H26FN3O3. The van der Waals surface area contributed by atoms with Crippen LogP contribution < -0.4 is 4.74 Å². The van der Waals surface area contributed by atoms with Gasteiger partial charge >= 0.3 is 0 Å². The minimum atomic E-state index is -0.426. The van der Waals surface area contributed by atoms with E-state index < -0.39 is 5.82 Å². The Balaban J connectivity index is 0.00000109. The molecule has 25 heavy (non-hydrogen) atoms. The highest BCUT2D eigenvalue weighted by atomic mass is 19.1. The smallest absolute Gasteiger partial charge is 0.167 e. The highest BCUT2D eigenvalue weighted by Crippen LogP contribution is 2.22. The Morgan fingerprint density at radius 2 is 1.96 bits per heavy atom. The van der Waals surface area contributed by atoms with Gasteiger partial charge in [0, 0.05) is 37.3 Å². The van der Waals surface area contributed by atoms with Crippen LogP contribution in [0.3, 0.4) is 0 Å². The molecule has 1 aromatic heterocycles. The Morgan fingerprint density at radius 3 is 2.76 bits per heavy atom. The van der Waals surface area contributed by atoms with Crippen LogP contribution in [0, 0.1) is 5.82 Å². The van der Waals surface area contributed by atoms with E-state index in [1.54, 1.807) is 12.3 Å². The van der Waals surface area contributed by atoms with Crippen LogP contribution >= 0.6 is 0 Å². The van der Waals surface area contributed by atoms with Gasteiger partial charge in [0.25, 0.3) is 0 Å². The predicted molar refractivity (Wildman–Crippen MR) is 94.4 cm³/mol. The van der Waals surface area contributed by atoms with Crippen molar-refractivity contribution >= 4 is 10.9 Å². The van der Waals surface area contributed by atoms with Gasteiger partial charge in [-0.05, 0) is 6.07 Å². The van der Waals surface area contributed by atoms with Crippen molar-refractivity contribution in [3.05, 3.63) is 30.5 Å². The summed E-state index contributed by atoms with van der Waals surface area (Å²) in [6.45, 7) is 9.71. The lowest BCUT2D eigenvalue weighted by Crippen LogP contribution is -2.38. The van der Waals surface area contributed by atoms with Crippen molar-refractivity contribution in [2.45, 2.75) is 13.8 Å². The molecule has 0 radical (unpaired) electrons. The summed E-state index contributed by atoms with van der Waals surface area (Å²) >= 11 is 0. The van der Waals surface area contributed by atoms with Crippen LogP contribution in [0.2, 0.25) is 0 Å². The van der Waals surface area contributed by atoms with E-state index in [0.29, 0.717) is 25.3 Å². The van der Waals surface area contributed by atoms with Gasteiger partial charge in [-0.1, -0.05) is 13.8 Å². The van der Waals surface area contributed by atoms with E-state index >= 15 is 0 Å². The molecule has 0 bridgehead atoms. The average molecular weight is 351 g/mol. The second-order valence-electron chi connectivity index (χ2n) is 5.28. The predicted octanol–water partition coefficient (Wildman–Crippen LogP) is 2.52. The van der Waals surface area contributed by atoms with Crippen LogP contribution in [0.25, 0.3) is 10.9 Å². The van der Waals surface area contributed by atoms with Gasteiger partial charge in [0.1, 0.15) is 12.9 Å². The quantitative estimate of drug-likeness (QED) is 0.715. The van der Waals surface area contributed by atoms with Gasteiger partial charge in [0.2, 0.25) is 0 Å². The Morgan fingerprint density at radius 1 is 1.16 bits per heavy atom. The maximum Gasteiger partial charge on any atom is 0.167 e. The molecule has 6 nitrogen and oxygen atoms in total. The minimum absolute atomic E-state index is 0.198. The molecule has 0 atom stereocenters. The van der Waals surface area contributed by atoms with Gasteiger partial charge in [-0.15, -0.1) is 0 Å². The highest BCUT2D eigenvalue weighted by Gasteiger charge is 2.10. The summed E-state index contributed by atoms with van der Waals surface area (Å²) in [4.78, 5) is 10.2. The normalized spacial score (nSPS) is 14.8. The molecule has 0 aliphatic carbocycles. The van der Waals surface area contributed by atoms with E-state index in [-0.39, 0.29) is 5.75 Å². The molecule has 2 heterocycles. The van der Waals surface area contributed by atoms with Crippen LogP contribution in [-0.2, 0) is 9.47 Å². The fourth-order valence-corrected chi connectivity index (χ4v) is 2.42. The number of fused-ring (bicyclic) bond motifs is 1. The molecule has 0 saturated carbocycles. The number of ether oxygens (including phenoxy) is 3. The zero-order valence-electron chi connectivity index (χ0n) is 14.9. The summed E-state index contributed by atoms with van der Waals surface area (Å²) in [6.07, 6.45) is 3.03. The van der Waals surface area contributed by atoms with Crippen molar-refractivity contribution in [1.29, 1.82) is 0 Å². The van der Waals surface area contributed by atoms with E-state index in [1.165, 1.54) is 12.4 Å². The number of morpholine rings is 1. The number of rotatable bonds is 7. The van der Waals surface area contributed by atoms with Gasteiger partial charge in [0.05, 0.1) is 31.9 Å². The monoisotopic (exact) mass is 351 g/mol. The van der Waals surface area contributed by atoms with Gasteiger partial charge in [0.15, 0.2) is 11.6 Å². The molecular weight excluding hydrogens is 325 g/mol. The summed E-state index contributed by atoms with van der Waals surface area (Å²) in [7, 11) is 0. The van der Waals surface area contributed by atoms with Crippen LogP contribution in [0.4, 0.5) is 4.39 Å². The number of halogens is 1. The third-order valence-corrected chi connectivity index (χ3v) is 3.70. The molecule has 3 rings (SSSR count). The molecule has 0 amide bonds. The van der Waals surface area contributed by atoms with E-state index in [4.69, 9.17) is 14.2 Å². The second-order valence-corrected chi connectivity index (χ2v) is 5.28. The lowest BCUT2D eigenvalue weighted by molar-refractivity contribution is 0.0169. The molecule has 0 spiro atoms. The number of benzene rings is 1. The van der Waals surface area contributed by atoms with Crippen LogP contribution in [-0.4, -0.2) is 67.5 Å². The summed E-state index contributed by atoms with van der Waals surface area (Å²) in [5, 5.41) is 0.747. The largest absolute Gasteiger partial charge is 0.488 e. The van der Waals surface area contributed by atoms with Crippen LogP contribution in [0.15, 0.2) is 24.7 Å². The third-order valence-electron chi connectivity index (χ3n) is 3.70. The highest BCUT2D eigenvalue weighted by molar-refractivity contribution is 5.79. The molecule has 0 N–H and O–H groups in total. The Hall–Kier alpha value is -1.83. The van der Waals surface area contributed by atoms with Gasteiger partial charge < -0.3 is 14.2 Å². The number of aromatic nitrogens is 2. The summed E-state index contributed by atoms with van der Waals surface area (Å²) < 4.78 is 30.2.